The molecule has 0 bridgehead atoms. The lowest BCUT2D eigenvalue weighted by atomic mass is 9.56. The van der Waals surface area contributed by atoms with Gasteiger partial charge in [-0.15, -0.1) is 24.0 Å². The van der Waals surface area contributed by atoms with Gasteiger partial charge in [0.1, 0.15) is 6.54 Å². The summed E-state index contributed by atoms with van der Waals surface area (Å²) in [6, 6.07) is 0.273. The summed E-state index contributed by atoms with van der Waals surface area (Å²) in [6.07, 6.45) is 3.12. The maximum Gasteiger partial charge on any atom is 0.243 e. The monoisotopic (exact) mass is 454 g/mol. The van der Waals surface area contributed by atoms with Gasteiger partial charge in [-0.2, -0.15) is 0 Å². The molecule has 0 heterocycles. The van der Waals surface area contributed by atoms with Crippen LogP contribution in [0.4, 0.5) is 0 Å². The lowest BCUT2D eigenvalue weighted by Gasteiger charge is -2.59. The average molecular weight is 454 g/mol. The normalized spacial score (nSPS) is 25.3. The first kappa shape index (κ1) is 23.4. The van der Waals surface area contributed by atoms with Gasteiger partial charge >= 0.3 is 0 Å². The van der Waals surface area contributed by atoms with Crippen molar-refractivity contribution < 1.29 is 9.53 Å². The third kappa shape index (κ3) is 5.47. The van der Waals surface area contributed by atoms with Gasteiger partial charge in [-0.25, -0.2) is 4.99 Å². The molecule has 0 aromatic carbocycles. The molecule has 0 aromatic heterocycles. The molecule has 1 saturated carbocycles. The van der Waals surface area contributed by atoms with Crippen molar-refractivity contribution in [3.05, 3.63) is 0 Å². The van der Waals surface area contributed by atoms with Crippen LogP contribution in [0.15, 0.2) is 4.99 Å². The van der Waals surface area contributed by atoms with Crippen molar-refractivity contribution in [1.29, 1.82) is 0 Å². The van der Waals surface area contributed by atoms with Crippen LogP contribution in [0.2, 0.25) is 0 Å². The van der Waals surface area contributed by atoms with Crippen molar-refractivity contribution >= 4 is 35.8 Å². The fourth-order valence-corrected chi connectivity index (χ4v) is 2.71. The Bertz CT molecular complexity index is 440. The molecule has 0 spiro atoms. The number of amides is 1. The topological polar surface area (TPSA) is 66.0 Å². The zero-order valence-electron chi connectivity index (χ0n) is 16.2. The average Bonchev–Trinajstić information content (AvgIpc) is 2.50. The number of rotatable bonds is 7. The van der Waals surface area contributed by atoms with Crippen LogP contribution in [0.3, 0.4) is 0 Å². The Morgan fingerprint density at radius 2 is 1.96 bits per heavy atom. The van der Waals surface area contributed by atoms with E-state index < -0.39 is 0 Å². The SMILES string of the molecule is CCCCNC(=NCC(=O)N(C)C)NC1CC(C)(OC)C1(C)C.I. The van der Waals surface area contributed by atoms with E-state index in [9.17, 15) is 4.79 Å². The summed E-state index contributed by atoms with van der Waals surface area (Å²) in [4.78, 5) is 17.8. The number of ether oxygens (including phenoxy) is 1. The van der Waals surface area contributed by atoms with Crippen LogP contribution in [-0.2, 0) is 9.53 Å². The summed E-state index contributed by atoms with van der Waals surface area (Å²) >= 11 is 0. The summed E-state index contributed by atoms with van der Waals surface area (Å²) in [5, 5.41) is 6.80. The Kier molecular flexibility index (Phi) is 9.56. The maximum absolute atomic E-state index is 11.8. The standard InChI is InChI=1S/C17H34N4O2.HI/c1-8-9-10-18-15(19-12-14(22)21(5)6)20-13-11-17(4,23-7)16(13,2)3;/h13H,8-12H2,1-7H3,(H2,18,19,20);1H. The lowest BCUT2D eigenvalue weighted by molar-refractivity contribution is -0.176. The predicted molar refractivity (Wildman–Crippen MR) is 110 cm³/mol. The minimum Gasteiger partial charge on any atom is -0.378 e. The molecule has 1 aliphatic carbocycles. The number of likely N-dealkylation sites (N-methyl/N-ethyl adjacent to an activating group) is 1. The highest BCUT2D eigenvalue weighted by molar-refractivity contribution is 14.0. The molecule has 142 valence electrons. The van der Waals surface area contributed by atoms with E-state index in [2.05, 4.69) is 43.3 Å². The minimum atomic E-state index is -0.126. The van der Waals surface area contributed by atoms with Gasteiger partial charge in [0.05, 0.1) is 5.60 Å². The zero-order chi connectivity index (χ0) is 17.7. The number of hydrogen-bond acceptors (Lipinski definition) is 3. The van der Waals surface area contributed by atoms with Crippen molar-refractivity contribution in [1.82, 2.24) is 15.5 Å². The first-order valence-electron chi connectivity index (χ1n) is 8.48. The van der Waals surface area contributed by atoms with Gasteiger partial charge in [0.25, 0.3) is 0 Å². The van der Waals surface area contributed by atoms with Crippen LogP contribution in [-0.4, -0.2) is 62.7 Å². The highest BCUT2D eigenvalue weighted by atomic mass is 127. The van der Waals surface area contributed by atoms with Crippen LogP contribution >= 0.6 is 24.0 Å². The van der Waals surface area contributed by atoms with Crippen molar-refractivity contribution in [2.45, 2.75) is 58.6 Å². The Balaban J connectivity index is 0.00000529. The number of nitrogens with zero attached hydrogens (tertiary/aromatic N) is 2. The molecular formula is C17H35IN4O2. The van der Waals surface area contributed by atoms with E-state index >= 15 is 0 Å². The molecule has 0 aliphatic heterocycles. The first-order valence-corrected chi connectivity index (χ1v) is 8.48. The largest absolute Gasteiger partial charge is 0.378 e. The van der Waals surface area contributed by atoms with E-state index in [0.717, 1.165) is 25.8 Å². The second-order valence-corrected chi connectivity index (χ2v) is 7.29. The second kappa shape index (κ2) is 9.79. The van der Waals surface area contributed by atoms with Gasteiger partial charge in [-0.3, -0.25) is 4.79 Å². The van der Waals surface area contributed by atoms with Gasteiger partial charge in [0.2, 0.25) is 5.91 Å². The maximum atomic E-state index is 11.8. The first-order chi connectivity index (χ1) is 10.7. The summed E-state index contributed by atoms with van der Waals surface area (Å²) in [5.41, 5.74) is -0.126. The quantitative estimate of drug-likeness (QED) is 0.268. The number of carbonyl (C=O) groups is 1. The van der Waals surface area contributed by atoms with Crippen LogP contribution in [0.1, 0.15) is 47.0 Å². The fraction of sp³-hybridized carbons (Fsp3) is 0.882. The van der Waals surface area contributed by atoms with E-state index in [1.807, 2.05) is 0 Å². The molecule has 1 amide bonds. The Morgan fingerprint density at radius 3 is 2.42 bits per heavy atom. The van der Waals surface area contributed by atoms with E-state index in [1.165, 1.54) is 0 Å². The zero-order valence-corrected chi connectivity index (χ0v) is 18.6. The van der Waals surface area contributed by atoms with Crippen LogP contribution in [0.5, 0.6) is 0 Å². The van der Waals surface area contributed by atoms with Crippen molar-refractivity contribution in [3.8, 4) is 0 Å². The minimum absolute atomic E-state index is 0. The Morgan fingerprint density at radius 1 is 1.33 bits per heavy atom. The highest BCUT2D eigenvalue weighted by Gasteiger charge is 2.58. The van der Waals surface area contributed by atoms with Crippen molar-refractivity contribution in [2.75, 3.05) is 34.3 Å². The van der Waals surface area contributed by atoms with Gasteiger partial charge < -0.3 is 20.3 Å². The molecular weight excluding hydrogens is 419 g/mol. The second-order valence-electron chi connectivity index (χ2n) is 7.29. The van der Waals surface area contributed by atoms with Crippen LogP contribution in [0.25, 0.3) is 0 Å². The number of halogens is 1. The van der Waals surface area contributed by atoms with Crippen molar-refractivity contribution in [2.24, 2.45) is 10.4 Å². The number of nitrogens with one attached hydrogen (secondary N) is 2. The predicted octanol–water partition coefficient (Wildman–Crippen LogP) is 2.23. The van der Waals surface area contributed by atoms with E-state index in [0.29, 0.717) is 5.96 Å². The number of guanidine groups is 1. The summed E-state index contributed by atoms with van der Waals surface area (Å²) < 4.78 is 5.67. The lowest BCUT2D eigenvalue weighted by Crippen LogP contribution is -2.69. The van der Waals surface area contributed by atoms with Crippen LogP contribution in [0, 0.1) is 5.41 Å². The summed E-state index contributed by atoms with van der Waals surface area (Å²) in [7, 11) is 5.26. The molecule has 24 heavy (non-hydrogen) atoms. The molecule has 2 atom stereocenters. The molecule has 0 radical (unpaired) electrons. The Labute approximate surface area is 164 Å². The van der Waals surface area contributed by atoms with E-state index in [1.54, 1.807) is 26.1 Å². The van der Waals surface area contributed by atoms with Gasteiger partial charge in [0.15, 0.2) is 5.96 Å². The van der Waals surface area contributed by atoms with Gasteiger partial charge in [0, 0.05) is 39.2 Å². The molecule has 0 aromatic rings. The number of unbranched alkanes of at least 4 members (excludes halogenated alkanes) is 1. The summed E-state index contributed by atoms with van der Waals surface area (Å²) in [5.74, 6) is 0.709. The molecule has 2 unspecified atom stereocenters. The summed E-state index contributed by atoms with van der Waals surface area (Å²) in [6.45, 7) is 9.71. The van der Waals surface area contributed by atoms with E-state index in [-0.39, 0.29) is 53.5 Å². The molecule has 1 rings (SSSR count). The highest BCUT2D eigenvalue weighted by Crippen LogP contribution is 2.51. The van der Waals surface area contributed by atoms with Crippen LogP contribution < -0.4 is 10.6 Å². The van der Waals surface area contributed by atoms with E-state index in [4.69, 9.17) is 4.74 Å². The van der Waals surface area contributed by atoms with Gasteiger partial charge in [-0.1, -0.05) is 27.2 Å². The molecule has 1 aliphatic rings. The van der Waals surface area contributed by atoms with Crippen molar-refractivity contribution in [3.63, 3.8) is 0 Å². The molecule has 7 heteroatoms. The van der Waals surface area contributed by atoms with Gasteiger partial charge in [-0.05, 0) is 19.8 Å². The number of carbonyl (C=O) groups excluding carboxylic acids is 1. The molecule has 2 N–H and O–H groups in total. The fourth-order valence-electron chi connectivity index (χ4n) is 2.71. The smallest absolute Gasteiger partial charge is 0.243 e. The number of methoxy groups -OCH3 is 1. The third-order valence-electron chi connectivity index (χ3n) is 5.28. The third-order valence-corrected chi connectivity index (χ3v) is 5.28. The molecule has 6 nitrogen and oxygen atoms in total. The number of aliphatic imine (C=N–C) groups is 1. The Hall–Kier alpha value is -0.570. The molecule has 1 fully saturated rings. The number of hydrogen-bond donors (Lipinski definition) is 2. The molecule has 0 saturated heterocycles.